The first kappa shape index (κ1) is 30.9. The lowest BCUT2D eigenvalue weighted by Crippen LogP contribution is -2.59. The van der Waals surface area contributed by atoms with Gasteiger partial charge in [-0.3, -0.25) is 9.59 Å². The van der Waals surface area contributed by atoms with E-state index in [1.807, 2.05) is 0 Å². The Labute approximate surface area is 229 Å². The number of phenols is 1. The number of anilines is 1. The lowest BCUT2D eigenvalue weighted by molar-refractivity contribution is -0.147. The van der Waals surface area contributed by atoms with Crippen LogP contribution in [0.5, 0.6) is 5.75 Å². The molecule has 208 valence electrons. The van der Waals surface area contributed by atoms with E-state index in [0.717, 1.165) is 5.56 Å². The van der Waals surface area contributed by atoms with Crippen molar-refractivity contribution in [3.8, 4) is 5.75 Å². The van der Waals surface area contributed by atoms with Crippen molar-refractivity contribution in [3.05, 3.63) is 58.1 Å². The van der Waals surface area contributed by atoms with Crippen molar-refractivity contribution in [2.45, 2.75) is 78.6 Å². The lowest BCUT2D eigenvalue weighted by Gasteiger charge is -2.43. The molecule has 4 N–H and O–H groups in total. The molecule has 0 saturated carbocycles. The maximum absolute atomic E-state index is 13.9. The standard InChI is InChI=1S/C28H38ClN3O6/c1-16-10-9-11-19(29)22(16)31-24(35)23(18-12-13-21(34)17(2)14-18)32(27(3,4)5)25(36)20(15-33)30-26(37)38-28(6,7)8/h9-14,20,23,33-34H,15H2,1-8H3,(H,30,37)(H,31,35). The highest BCUT2D eigenvalue weighted by molar-refractivity contribution is 6.34. The van der Waals surface area contributed by atoms with Crippen LogP contribution in [0.4, 0.5) is 10.5 Å². The number of benzene rings is 2. The molecule has 0 heterocycles. The van der Waals surface area contributed by atoms with Crippen LogP contribution in [0.25, 0.3) is 0 Å². The number of aromatic hydroxyl groups is 1. The molecule has 0 aliphatic rings. The van der Waals surface area contributed by atoms with Gasteiger partial charge < -0.3 is 30.5 Å². The molecule has 2 aromatic rings. The minimum Gasteiger partial charge on any atom is -0.508 e. The molecule has 0 aliphatic heterocycles. The van der Waals surface area contributed by atoms with E-state index in [9.17, 15) is 24.6 Å². The molecule has 2 aromatic carbocycles. The third-order valence-corrected chi connectivity index (χ3v) is 5.96. The van der Waals surface area contributed by atoms with Gasteiger partial charge in [0.1, 0.15) is 23.4 Å². The summed E-state index contributed by atoms with van der Waals surface area (Å²) in [7, 11) is 0. The summed E-state index contributed by atoms with van der Waals surface area (Å²) in [5.41, 5.74) is 0.256. The Morgan fingerprint density at radius 2 is 1.66 bits per heavy atom. The lowest BCUT2D eigenvalue weighted by atomic mass is 9.94. The first-order chi connectivity index (χ1) is 17.5. The Hall–Kier alpha value is -3.30. The summed E-state index contributed by atoms with van der Waals surface area (Å²) in [5.74, 6) is -1.24. The number of hydrogen-bond donors (Lipinski definition) is 4. The maximum atomic E-state index is 13.9. The molecule has 2 rings (SSSR count). The van der Waals surface area contributed by atoms with Gasteiger partial charge in [0.25, 0.3) is 5.91 Å². The minimum absolute atomic E-state index is 0.0309. The normalized spacial score (nSPS) is 13.3. The zero-order valence-electron chi connectivity index (χ0n) is 23.2. The summed E-state index contributed by atoms with van der Waals surface area (Å²) in [6, 6.07) is 7.19. The number of carbonyl (C=O) groups excluding carboxylic acids is 3. The van der Waals surface area contributed by atoms with Crippen LogP contribution in [0, 0.1) is 13.8 Å². The summed E-state index contributed by atoms with van der Waals surface area (Å²) in [4.78, 5) is 41.6. The first-order valence-corrected chi connectivity index (χ1v) is 12.6. The Morgan fingerprint density at radius 1 is 1.03 bits per heavy atom. The number of nitrogens with zero attached hydrogens (tertiary/aromatic N) is 1. The van der Waals surface area contributed by atoms with Crippen molar-refractivity contribution >= 4 is 35.2 Å². The smallest absolute Gasteiger partial charge is 0.408 e. The quantitative estimate of drug-likeness (QED) is 0.392. The fourth-order valence-electron chi connectivity index (χ4n) is 3.90. The average Bonchev–Trinajstić information content (AvgIpc) is 2.77. The van der Waals surface area contributed by atoms with Crippen LogP contribution in [-0.4, -0.2) is 56.8 Å². The van der Waals surface area contributed by atoms with Gasteiger partial charge in [0.05, 0.1) is 17.3 Å². The van der Waals surface area contributed by atoms with E-state index in [-0.39, 0.29) is 5.75 Å². The van der Waals surface area contributed by atoms with E-state index in [1.54, 1.807) is 85.7 Å². The number of carbonyl (C=O) groups is 3. The number of aliphatic hydroxyl groups excluding tert-OH is 1. The second-order valence-corrected chi connectivity index (χ2v) is 11.5. The molecule has 9 nitrogen and oxygen atoms in total. The van der Waals surface area contributed by atoms with Gasteiger partial charge in [-0.15, -0.1) is 0 Å². The van der Waals surface area contributed by atoms with Crippen molar-refractivity contribution in [2.24, 2.45) is 0 Å². The van der Waals surface area contributed by atoms with Gasteiger partial charge in [-0.1, -0.05) is 29.8 Å². The molecule has 2 unspecified atom stereocenters. The summed E-state index contributed by atoms with van der Waals surface area (Å²) in [6.45, 7) is 13.0. The van der Waals surface area contributed by atoms with Crippen LogP contribution < -0.4 is 10.6 Å². The third-order valence-electron chi connectivity index (χ3n) is 5.65. The van der Waals surface area contributed by atoms with E-state index in [1.165, 1.54) is 11.0 Å². The second-order valence-electron chi connectivity index (χ2n) is 11.1. The molecule has 2 atom stereocenters. The van der Waals surface area contributed by atoms with E-state index >= 15 is 0 Å². The van der Waals surface area contributed by atoms with Gasteiger partial charge in [-0.25, -0.2) is 4.79 Å². The van der Waals surface area contributed by atoms with Gasteiger partial charge in [0, 0.05) is 5.54 Å². The van der Waals surface area contributed by atoms with Crippen molar-refractivity contribution < 1.29 is 29.3 Å². The number of phenolic OH excluding ortho intramolecular Hbond substituents is 1. The Balaban J connectivity index is 2.61. The number of nitrogens with one attached hydrogen (secondary N) is 2. The summed E-state index contributed by atoms with van der Waals surface area (Å²) < 4.78 is 5.26. The topological polar surface area (TPSA) is 128 Å². The number of aliphatic hydroxyl groups is 1. The SMILES string of the molecule is Cc1cc(C(C(=O)Nc2c(C)cccc2Cl)N(C(=O)C(CO)NC(=O)OC(C)(C)C)C(C)(C)C)ccc1O. The number of para-hydroxylation sites is 1. The number of ether oxygens (including phenoxy) is 1. The minimum atomic E-state index is -1.39. The number of hydrogen-bond acceptors (Lipinski definition) is 6. The van der Waals surface area contributed by atoms with Crippen LogP contribution in [-0.2, 0) is 14.3 Å². The predicted octanol–water partition coefficient (Wildman–Crippen LogP) is 4.85. The van der Waals surface area contributed by atoms with E-state index < -0.39 is 47.7 Å². The van der Waals surface area contributed by atoms with Gasteiger partial charge in [-0.2, -0.15) is 0 Å². The third kappa shape index (κ3) is 7.85. The van der Waals surface area contributed by atoms with Gasteiger partial charge in [0.2, 0.25) is 5.91 Å². The molecule has 0 saturated heterocycles. The summed E-state index contributed by atoms with van der Waals surface area (Å²) in [6.07, 6.45) is -0.882. The van der Waals surface area contributed by atoms with E-state index in [2.05, 4.69) is 10.6 Å². The fourth-order valence-corrected chi connectivity index (χ4v) is 4.17. The largest absolute Gasteiger partial charge is 0.508 e. The molecule has 0 bridgehead atoms. The van der Waals surface area contributed by atoms with Crippen LogP contribution in [0.1, 0.15) is 64.3 Å². The monoisotopic (exact) mass is 547 g/mol. The van der Waals surface area contributed by atoms with Crippen molar-refractivity contribution in [2.75, 3.05) is 11.9 Å². The van der Waals surface area contributed by atoms with Crippen LogP contribution in [0.15, 0.2) is 36.4 Å². The summed E-state index contributed by atoms with van der Waals surface area (Å²) >= 11 is 6.36. The molecule has 0 fully saturated rings. The van der Waals surface area contributed by atoms with E-state index in [0.29, 0.717) is 21.8 Å². The molecular weight excluding hydrogens is 510 g/mol. The van der Waals surface area contributed by atoms with Crippen LogP contribution in [0.3, 0.4) is 0 Å². The Bertz CT molecular complexity index is 1170. The first-order valence-electron chi connectivity index (χ1n) is 12.2. The predicted molar refractivity (Wildman–Crippen MR) is 147 cm³/mol. The van der Waals surface area contributed by atoms with Crippen molar-refractivity contribution in [1.29, 1.82) is 0 Å². The second kappa shape index (κ2) is 12.0. The molecule has 0 aromatic heterocycles. The maximum Gasteiger partial charge on any atom is 0.408 e. The molecule has 10 heteroatoms. The highest BCUT2D eigenvalue weighted by atomic mass is 35.5. The van der Waals surface area contributed by atoms with Gasteiger partial charge in [-0.05, 0) is 90.3 Å². The highest BCUT2D eigenvalue weighted by Crippen LogP contribution is 2.34. The molecule has 0 aliphatic carbocycles. The molecular formula is C28H38ClN3O6. The van der Waals surface area contributed by atoms with Gasteiger partial charge in [0.15, 0.2) is 0 Å². The van der Waals surface area contributed by atoms with Crippen molar-refractivity contribution in [3.63, 3.8) is 0 Å². The number of alkyl carbamates (subject to hydrolysis) is 1. The number of rotatable bonds is 7. The zero-order valence-corrected chi connectivity index (χ0v) is 23.9. The fraction of sp³-hybridized carbons (Fsp3) is 0.464. The Kier molecular flexibility index (Phi) is 9.80. The number of halogens is 1. The Morgan fingerprint density at radius 3 is 2.16 bits per heavy atom. The molecule has 0 radical (unpaired) electrons. The molecule has 3 amide bonds. The molecule has 0 spiro atoms. The number of aryl methyl sites for hydroxylation is 2. The highest BCUT2D eigenvalue weighted by Gasteiger charge is 2.42. The summed E-state index contributed by atoms with van der Waals surface area (Å²) in [5, 5.41) is 25.8. The molecule has 38 heavy (non-hydrogen) atoms. The van der Waals surface area contributed by atoms with Gasteiger partial charge >= 0.3 is 6.09 Å². The average molecular weight is 548 g/mol. The van der Waals surface area contributed by atoms with Crippen LogP contribution >= 0.6 is 11.6 Å². The van der Waals surface area contributed by atoms with Crippen LogP contribution in [0.2, 0.25) is 5.02 Å². The van der Waals surface area contributed by atoms with E-state index in [4.69, 9.17) is 16.3 Å². The number of amides is 3. The zero-order chi connectivity index (χ0) is 29.0. The van der Waals surface area contributed by atoms with Crippen molar-refractivity contribution in [1.82, 2.24) is 10.2 Å².